The minimum absolute atomic E-state index is 0.298. The third kappa shape index (κ3) is 3.64. The lowest BCUT2D eigenvalue weighted by Crippen LogP contribution is -2.43. The van der Waals surface area contributed by atoms with Crippen molar-refractivity contribution >= 4 is 17.4 Å². The molecule has 0 spiro atoms. The van der Waals surface area contributed by atoms with Crippen molar-refractivity contribution in [3.05, 3.63) is 17.7 Å². The molecule has 0 radical (unpaired) electrons. The molecule has 1 fully saturated rings. The first-order chi connectivity index (χ1) is 9.43. The number of nitrogens with zero attached hydrogens (tertiary/aromatic N) is 3. The van der Waals surface area contributed by atoms with Gasteiger partial charge >= 0.3 is 0 Å². The molecule has 5 heteroatoms. The van der Waals surface area contributed by atoms with Gasteiger partial charge in [0.25, 0.3) is 0 Å². The van der Waals surface area contributed by atoms with Gasteiger partial charge in [-0.2, -0.15) is 11.8 Å². The van der Waals surface area contributed by atoms with Crippen LogP contribution in [0.1, 0.15) is 45.1 Å². The van der Waals surface area contributed by atoms with E-state index >= 15 is 0 Å². The lowest BCUT2D eigenvalue weighted by Gasteiger charge is -2.39. The quantitative estimate of drug-likeness (QED) is 0.924. The molecule has 2 heterocycles. The van der Waals surface area contributed by atoms with E-state index in [1.807, 2.05) is 25.0 Å². The standard InChI is InChI=1S/C15H26N4S/c1-11(2)14-17-9-13(12(18-14)8-16-5)19-6-7-20-15(3,4)10-19/h9,11,16H,6-8,10H2,1-5H3. The summed E-state index contributed by atoms with van der Waals surface area (Å²) in [5.41, 5.74) is 2.31. The zero-order valence-corrected chi connectivity index (χ0v) is 14.0. The number of rotatable bonds is 4. The molecule has 0 amide bonds. The number of anilines is 1. The van der Waals surface area contributed by atoms with Crippen LogP contribution in [0.3, 0.4) is 0 Å². The van der Waals surface area contributed by atoms with E-state index in [4.69, 9.17) is 4.98 Å². The molecule has 0 aliphatic carbocycles. The summed E-state index contributed by atoms with van der Waals surface area (Å²) in [5, 5.41) is 3.23. The van der Waals surface area contributed by atoms with E-state index in [9.17, 15) is 0 Å². The van der Waals surface area contributed by atoms with Crippen LogP contribution in [0.25, 0.3) is 0 Å². The average molecular weight is 294 g/mol. The Labute approximate surface area is 126 Å². The summed E-state index contributed by atoms with van der Waals surface area (Å²) in [6, 6.07) is 0. The molecule has 0 saturated carbocycles. The molecule has 1 saturated heterocycles. The SMILES string of the molecule is CNCc1nc(C(C)C)ncc1N1CCSC(C)(C)C1. The summed E-state index contributed by atoms with van der Waals surface area (Å²) in [6.45, 7) is 11.8. The maximum absolute atomic E-state index is 4.76. The van der Waals surface area contributed by atoms with Crippen molar-refractivity contribution < 1.29 is 0 Å². The van der Waals surface area contributed by atoms with E-state index in [0.717, 1.165) is 36.9 Å². The molecule has 1 aliphatic heterocycles. The van der Waals surface area contributed by atoms with Gasteiger partial charge in [-0.25, -0.2) is 9.97 Å². The van der Waals surface area contributed by atoms with Gasteiger partial charge < -0.3 is 10.2 Å². The molecule has 1 aromatic heterocycles. The Morgan fingerprint density at radius 2 is 2.20 bits per heavy atom. The molecule has 0 bridgehead atoms. The molecule has 0 unspecified atom stereocenters. The summed E-state index contributed by atoms with van der Waals surface area (Å²) in [4.78, 5) is 11.8. The van der Waals surface area contributed by atoms with Crippen molar-refractivity contribution in [1.29, 1.82) is 0 Å². The summed E-state index contributed by atoms with van der Waals surface area (Å²) >= 11 is 2.05. The van der Waals surface area contributed by atoms with Gasteiger partial charge in [-0.1, -0.05) is 13.8 Å². The van der Waals surface area contributed by atoms with Crippen LogP contribution in [0, 0.1) is 0 Å². The van der Waals surface area contributed by atoms with E-state index in [2.05, 4.69) is 42.9 Å². The van der Waals surface area contributed by atoms with Crippen molar-refractivity contribution in [3.63, 3.8) is 0 Å². The second kappa shape index (κ2) is 6.31. The lowest BCUT2D eigenvalue weighted by atomic mass is 10.1. The number of aromatic nitrogens is 2. The highest BCUT2D eigenvalue weighted by molar-refractivity contribution is 8.00. The molecule has 1 N–H and O–H groups in total. The van der Waals surface area contributed by atoms with Crippen LogP contribution in [0.15, 0.2) is 6.20 Å². The second-order valence-electron chi connectivity index (χ2n) is 6.27. The van der Waals surface area contributed by atoms with Crippen LogP contribution in [0.5, 0.6) is 0 Å². The first-order valence-electron chi connectivity index (χ1n) is 7.32. The second-order valence-corrected chi connectivity index (χ2v) is 8.08. The van der Waals surface area contributed by atoms with Crippen molar-refractivity contribution in [1.82, 2.24) is 15.3 Å². The van der Waals surface area contributed by atoms with Crippen LogP contribution in [0.4, 0.5) is 5.69 Å². The smallest absolute Gasteiger partial charge is 0.131 e. The Morgan fingerprint density at radius 1 is 1.45 bits per heavy atom. The molecular formula is C15H26N4S. The molecule has 0 aromatic carbocycles. The van der Waals surface area contributed by atoms with E-state index in [0.29, 0.717) is 10.7 Å². The van der Waals surface area contributed by atoms with E-state index < -0.39 is 0 Å². The number of hydrogen-bond donors (Lipinski definition) is 1. The third-order valence-corrected chi connectivity index (χ3v) is 4.79. The number of thioether (sulfide) groups is 1. The first kappa shape index (κ1) is 15.6. The fraction of sp³-hybridized carbons (Fsp3) is 0.733. The number of hydrogen-bond acceptors (Lipinski definition) is 5. The summed E-state index contributed by atoms with van der Waals surface area (Å²) < 4.78 is 0.298. The van der Waals surface area contributed by atoms with Gasteiger partial charge in [0.05, 0.1) is 17.6 Å². The van der Waals surface area contributed by atoms with Crippen LogP contribution in [-0.4, -0.2) is 40.6 Å². The van der Waals surface area contributed by atoms with E-state index in [-0.39, 0.29) is 0 Å². The van der Waals surface area contributed by atoms with Crippen molar-refractivity contribution in [2.75, 3.05) is 30.8 Å². The van der Waals surface area contributed by atoms with Gasteiger partial charge in [-0.15, -0.1) is 0 Å². The average Bonchev–Trinajstić information content (AvgIpc) is 2.37. The van der Waals surface area contributed by atoms with Gasteiger partial charge in [0.15, 0.2) is 0 Å². The zero-order chi connectivity index (χ0) is 14.8. The van der Waals surface area contributed by atoms with Gasteiger partial charge in [0.1, 0.15) is 5.82 Å². The molecule has 112 valence electrons. The predicted molar refractivity (Wildman–Crippen MR) is 87.6 cm³/mol. The molecule has 1 aromatic rings. The summed E-state index contributed by atoms with van der Waals surface area (Å²) in [6.07, 6.45) is 2.01. The highest BCUT2D eigenvalue weighted by Crippen LogP contribution is 2.33. The Kier molecular flexibility index (Phi) is 4.91. The van der Waals surface area contributed by atoms with Crippen molar-refractivity contribution in [3.8, 4) is 0 Å². The minimum atomic E-state index is 0.298. The molecule has 2 rings (SSSR count). The zero-order valence-electron chi connectivity index (χ0n) is 13.2. The normalized spacial score (nSPS) is 18.6. The van der Waals surface area contributed by atoms with Crippen LogP contribution in [-0.2, 0) is 6.54 Å². The Morgan fingerprint density at radius 3 is 2.80 bits per heavy atom. The first-order valence-corrected chi connectivity index (χ1v) is 8.31. The highest BCUT2D eigenvalue weighted by Gasteiger charge is 2.28. The summed E-state index contributed by atoms with van der Waals surface area (Å²) in [5.74, 6) is 2.47. The fourth-order valence-corrected chi connectivity index (χ4v) is 3.60. The molecular weight excluding hydrogens is 268 g/mol. The summed E-state index contributed by atoms with van der Waals surface area (Å²) in [7, 11) is 1.97. The van der Waals surface area contributed by atoms with Crippen LogP contribution >= 0.6 is 11.8 Å². The van der Waals surface area contributed by atoms with E-state index in [1.165, 1.54) is 5.69 Å². The molecule has 4 nitrogen and oxygen atoms in total. The van der Waals surface area contributed by atoms with Crippen LogP contribution in [0.2, 0.25) is 0 Å². The van der Waals surface area contributed by atoms with Gasteiger partial charge in [-0.3, -0.25) is 0 Å². The van der Waals surface area contributed by atoms with Crippen molar-refractivity contribution in [2.45, 2.75) is 44.9 Å². The maximum atomic E-state index is 4.76. The van der Waals surface area contributed by atoms with Crippen LogP contribution < -0.4 is 10.2 Å². The lowest BCUT2D eigenvalue weighted by molar-refractivity contribution is 0.636. The highest BCUT2D eigenvalue weighted by atomic mass is 32.2. The van der Waals surface area contributed by atoms with E-state index in [1.54, 1.807) is 0 Å². The molecule has 0 atom stereocenters. The van der Waals surface area contributed by atoms with Gasteiger partial charge in [0.2, 0.25) is 0 Å². The molecule has 20 heavy (non-hydrogen) atoms. The number of nitrogens with one attached hydrogen (secondary N) is 1. The minimum Gasteiger partial charge on any atom is -0.367 e. The monoisotopic (exact) mass is 294 g/mol. The van der Waals surface area contributed by atoms with Gasteiger partial charge in [-0.05, 0) is 20.9 Å². The topological polar surface area (TPSA) is 41.1 Å². The Hall–Kier alpha value is -0.810. The predicted octanol–water partition coefficient (Wildman–Crippen LogP) is 2.65. The third-order valence-electron chi connectivity index (χ3n) is 3.49. The Bertz CT molecular complexity index is 459. The van der Waals surface area contributed by atoms with Crippen molar-refractivity contribution in [2.24, 2.45) is 0 Å². The maximum Gasteiger partial charge on any atom is 0.131 e. The largest absolute Gasteiger partial charge is 0.367 e. The Balaban J connectivity index is 2.30. The molecule has 1 aliphatic rings. The fourth-order valence-electron chi connectivity index (χ4n) is 2.49. The van der Waals surface area contributed by atoms with Gasteiger partial charge in [0, 0.05) is 36.1 Å².